The monoisotopic (exact) mass is 357 g/mol. The topological polar surface area (TPSA) is 46.6 Å². The van der Waals surface area contributed by atoms with E-state index in [1.165, 1.54) is 11.0 Å². The van der Waals surface area contributed by atoms with Crippen molar-refractivity contribution < 1.29 is 27.5 Å². The molecule has 1 heterocycles. The van der Waals surface area contributed by atoms with Crippen LogP contribution in [0.1, 0.15) is 44.7 Å². The van der Waals surface area contributed by atoms with Crippen LogP contribution >= 0.6 is 0 Å². The van der Waals surface area contributed by atoms with Gasteiger partial charge in [-0.3, -0.25) is 9.59 Å². The lowest BCUT2D eigenvalue weighted by atomic mass is 10.0. The van der Waals surface area contributed by atoms with Crippen molar-refractivity contribution in [2.75, 3.05) is 6.54 Å². The number of amides is 1. The number of hydrogen-bond acceptors (Lipinski definition) is 3. The van der Waals surface area contributed by atoms with Crippen LogP contribution in [0.15, 0.2) is 24.3 Å². The highest BCUT2D eigenvalue weighted by Crippen LogP contribution is 2.30. The van der Waals surface area contributed by atoms with Crippen molar-refractivity contribution in [2.45, 2.75) is 51.9 Å². The Labute approximate surface area is 144 Å². The van der Waals surface area contributed by atoms with Gasteiger partial charge in [-0.25, -0.2) is 0 Å². The molecule has 0 aromatic heterocycles. The lowest BCUT2D eigenvalue weighted by Gasteiger charge is -2.21. The number of esters is 1. The minimum atomic E-state index is -4.41. The number of ether oxygens (including phenoxy) is 1. The molecule has 1 aromatic rings. The van der Waals surface area contributed by atoms with E-state index in [1.54, 1.807) is 26.8 Å². The van der Waals surface area contributed by atoms with E-state index in [2.05, 4.69) is 0 Å². The maximum Gasteiger partial charge on any atom is 0.416 e. The molecular formula is C18H22F3NO3. The van der Waals surface area contributed by atoms with Gasteiger partial charge in [-0.1, -0.05) is 12.1 Å². The normalized spacial score (nSPS) is 18.6. The summed E-state index contributed by atoms with van der Waals surface area (Å²) in [6, 6.07) is 4.94. The largest absolute Gasteiger partial charge is 0.460 e. The second kappa shape index (κ2) is 7.06. The average Bonchev–Trinajstić information content (AvgIpc) is 2.78. The molecule has 0 spiro atoms. The Kier molecular flexibility index (Phi) is 5.44. The Balaban J connectivity index is 1.97. The van der Waals surface area contributed by atoms with Crippen molar-refractivity contribution in [1.29, 1.82) is 0 Å². The summed E-state index contributed by atoms with van der Waals surface area (Å²) in [6.45, 7) is 5.78. The third-order valence-corrected chi connectivity index (χ3v) is 3.87. The lowest BCUT2D eigenvalue weighted by Crippen LogP contribution is -2.30. The van der Waals surface area contributed by atoms with E-state index in [-0.39, 0.29) is 18.9 Å². The Morgan fingerprint density at radius 3 is 2.56 bits per heavy atom. The molecule has 0 radical (unpaired) electrons. The summed E-state index contributed by atoms with van der Waals surface area (Å²) in [7, 11) is 0. The Bertz CT molecular complexity index is 650. The zero-order valence-corrected chi connectivity index (χ0v) is 14.5. The molecule has 0 saturated carbocycles. The van der Waals surface area contributed by atoms with Crippen molar-refractivity contribution >= 4 is 11.9 Å². The maximum atomic E-state index is 12.8. The number of benzene rings is 1. The lowest BCUT2D eigenvalue weighted by molar-refractivity contribution is -0.157. The zero-order chi connectivity index (χ0) is 18.8. The quantitative estimate of drug-likeness (QED) is 0.771. The molecule has 1 amide bonds. The summed E-state index contributed by atoms with van der Waals surface area (Å²) in [4.78, 5) is 25.7. The molecule has 2 rings (SSSR count). The molecule has 1 aromatic carbocycles. The van der Waals surface area contributed by atoms with Gasteiger partial charge in [0.2, 0.25) is 5.91 Å². The number of halogens is 3. The molecule has 1 saturated heterocycles. The second-order valence-electron chi connectivity index (χ2n) is 7.23. The smallest absolute Gasteiger partial charge is 0.416 e. The van der Waals surface area contributed by atoms with Gasteiger partial charge in [-0.2, -0.15) is 13.2 Å². The summed E-state index contributed by atoms with van der Waals surface area (Å²) in [5.41, 5.74) is -0.931. The summed E-state index contributed by atoms with van der Waals surface area (Å²) >= 11 is 0. The standard InChI is InChI=1S/C18H22F3NO3/c1-17(2,3)25-15(23)10-13-7-8-22(16(13)24)11-12-5-4-6-14(9-12)18(19,20)21/h4-6,9,13H,7-8,10-11H2,1-3H3/t13-/m1/s1. The van der Waals surface area contributed by atoms with Gasteiger partial charge in [-0.15, -0.1) is 0 Å². The van der Waals surface area contributed by atoms with Gasteiger partial charge in [0.15, 0.2) is 0 Å². The predicted molar refractivity (Wildman–Crippen MR) is 85.4 cm³/mol. The zero-order valence-electron chi connectivity index (χ0n) is 14.5. The van der Waals surface area contributed by atoms with E-state index in [4.69, 9.17) is 4.74 Å². The van der Waals surface area contributed by atoms with Gasteiger partial charge < -0.3 is 9.64 Å². The summed E-state index contributed by atoms with van der Waals surface area (Å²) in [6.07, 6.45) is -3.92. The van der Waals surface area contributed by atoms with Gasteiger partial charge >= 0.3 is 12.1 Å². The summed E-state index contributed by atoms with van der Waals surface area (Å²) in [5, 5.41) is 0. The SMILES string of the molecule is CC(C)(C)OC(=O)C[C@H]1CCN(Cc2cccc(C(F)(F)F)c2)C1=O. The first-order valence-corrected chi connectivity index (χ1v) is 8.12. The number of nitrogens with zero attached hydrogens (tertiary/aromatic N) is 1. The van der Waals surface area contributed by atoms with Crippen LogP contribution in [-0.4, -0.2) is 28.9 Å². The van der Waals surface area contributed by atoms with Crippen molar-refractivity contribution in [2.24, 2.45) is 5.92 Å². The molecule has 0 bridgehead atoms. The maximum absolute atomic E-state index is 12.8. The van der Waals surface area contributed by atoms with Crippen LogP contribution in [0.4, 0.5) is 13.2 Å². The third-order valence-electron chi connectivity index (χ3n) is 3.87. The molecule has 1 fully saturated rings. The summed E-state index contributed by atoms with van der Waals surface area (Å²) < 4.78 is 43.5. The molecular weight excluding hydrogens is 335 g/mol. The molecule has 0 N–H and O–H groups in total. The molecule has 0 unspecified atom stereocenters. The van der Waals surface area contributed by atoms with Crippen LogP contribution in [0, 0.1) is 5.92 Å². The number of carbonyl (C=O) groups excluding carboxylic acids is 2. The Morgan fingerprint density at radius 1 is 1.28 bits per heavy atom. The van der Waals surface area contributed by atoms with E-state index < -0.39 is 29.2 Å². The molecule has 0 aliphatic carbocycles. The van der Waals surface area contributed by atoms with E-state index in [9.17, 15) is 22.8 Å². The molecule has 1 aliphatic rings. The number of rotatable bonds is 4. The van der Waals surface area contributed by atoms with Crippen LogP contribution in [0.5, 0.6) is 0 Å². The fourth-order valence-corrected chi connectivity index (χ4v) is 2.80. The minimum absolute atomic E-state index is 0.00477. The van der Waals surface area contributed by atoms with Crippen molar-refractivity contribution in [3.05, 3.63) is 35.4 Å². The van der Waals surface area contributed by atoms with Crippen molar-refractivity contribution in [3.63, 3.8) is 0 Å². The first-order valence-electron chi connectivity index (χ1n) is 8.12. The molecule has 138 valence electrons. The van der Waals surface area contributed by atoms with Crippen LogP contribution in [0.3, 0.4) is 0 Å². The number of hydrogen-bond donors (Lipinski definition) is 0. The predicted octanol–water partition coefficient (Wildman–Crippen LogP) is 3.79. The fraction of sp³-hybridized carbons (Fsp3) is 0.556. The number of alkyl halides is 3. The Hall–Kier alpha value is -2.05. The van der Waals surface area contributed by atoms with Gasteiger partial charge in [-0.05, 0) is 44.9 Å². The van der Waals surface area contributed by atoms with Crippen LogP contribution < -0.4 is 0 Å². The molecule has 1 aliphatic heterocycles. The first kappa shape index (κ1) is 19.3. The van der Waals surface area contributed by atoms with E-state index in [0.717, 1.165) is 12.1 Å². The van der Waals surface area contributed by atoms with Gasteiger partial charge in [0.1, 0.15) is 5.60 Å². The van der Waals surface area contributed by atoms with E-state index in [1.807, 2.05) is 0 Å². The van der Waals surface area contributed by atoms with Crippen LogP contribution in [0.25, 0.3) is 0 Å². The average molecular weight is 357 g/mol. The van der Waals surface area contributed by atoms with Gasteiger partial charge in [0.05, 0.1) is 17.9 Å². The minimum Gasteiger partial charge on any atom is -0.460 e. The number of likely N-dealkylation sites (tertiary alicyclic amines) is 1. The van der Waals surface area contributed by atoms with Crippen molar-refractivity contribution in [1.82, 2.24) is 4.90 Å². The van der Waals surface area contributed by atoms with E-state index >= 15 is 0 Å². The number of carbonyl (C=O) groups is 2. The van der Waals surface area contributed by atoms with Crippen molar-refractivity contribution in [3.8, 4) is 0 Å². The summed E-state index contributed by atoms with van der Waals surface area (Å²) in [5.74, 6) is -1.13. The Morgan fingerprint density at radius 2 is 1.96 bits per heavy atom. The molecule has 1 atom stereocenters. The molecule has 7 heteroatoms. The fourth-order valence-electron chi connectivity index (χ4n) is 2.80. The molecule has 25 heavy (non-hydrogen) atoms. The van der Waals surface area contributed by atoms with Crippen LogP contribution in [-0.2, 0) is 27.0 Å². The highest BCUT2D eigenvalue weighted by molar-refractivity contribution is 5.85. The van der Waals surface area contributed by atoms with E-state index in [0.29, 0.717) is 18.5 Å². The second-order valence-corrected chi connectivity index (χ2v) is 7.23. The highest BCUT2D eigenvalue weighted by Gasteiger charge is 2.35. The first-order chi connectivity index (χ1) is 11.5. The molecule has 4 nitrogen and oxygen atoms in total. The highest BCUT2D eigenvalue weighted by atomic mass is 19.4. The van der Waals surface area contributed by atoms with Gasteiger partial charge in [0.25, 0.3) is 0 Å². The van der Waals surface area contributed by atoms with Crippen LogP contribution in [0.2, 0.25) is 0 Å². The third kappa shape index (κ3) is 5.47. The van der Waals surface area contributed by atoms with Gasteiger partial charge in [0, 0.05) is 13.1 Å².